The van der Waals surface area contributed by atoms with Crippen molar-refractivity contribution in [1.82, 2.24) is 15.3 Å². The van der Waals surface area contributed by atoms with Gasteiger partial charge in [0.05, 0.1) is 11.1 Å². The Bertz CT molecular complexity index is 1290. The standard InChI is InChI=1S/C26H25N5O2/c27-21(16-30-25(33)26(12-13-26)19-4-2-1-3-5-19)17-6-8-18(9-7-17)24(32)31-22-11-15-29-23-20(22)10-14-28-23/h1-11,14-15,21H,12-13,16,27H2,(H,30,33)(H2,28,29,31,32). The molecule has 7 heteroatoms. The summed E-state index contributed by atoms with van der Waals surface area (Å²) in [6.07, 6.45) is 5.14. The molecule has 1 unspecified atom stereocenters. The number of carbonyl (C=O) groups excluding carboxylic acids is 2. The molecule has 7 nitrogen and oxygen atoms in total. The topological polar surface area (TPSA) is 113 Å². The van der Waals surface area contributed by atoms with E-state index in [1.807, 2.05) is 48.5 Å². The largest absolute Gasteiger partial charge is 0.353 e. The van der Waals surface area contributed by atoms with Crippen molar-refractivity contribution >= 4 is 28.5 Å². The molecule has 0 aliphatic heterocycles. The molecule has 4 aromatic rings. The number of fused-ring (bicyclic) bond motifs is 1. The first-order valence-electron chi connectivity index (χ1n) is 11.0. The molecule has 1 aliphatic carbocycles. The fourth-order valence-electron chi connectivity index (χ4n) is 4.16. The summed E-state index contributed by atoms with van der Waals surface area (Å²) in [6.45, 7) is 0.335. The molecular weight excluding hydrogens is 414 g/mol. The van der Waals surface area contributed by atoms with Gasteiger partial charge in [-0.15, -0.1) is 0 Å². The van der Waals surface area contributed by atoms with Gasteiger partial charge in [-0.1, -0.05) is 42.5 Å². The van der Waals surface area contributed by atoms with Crippen molar-refractivity contribution in [3.8, 4) is 0 Å². The van der Waals surface area contributed by atoms with Gasteiger partial charge in [0.1, 0.15) is 5.65 Å². The first-order chi connectivity index (χ1) is 16.1. The van der Waals surface area contributed by atoms with E-state index in [2.05, 4.69) is 20.6 Å². The van der Waals surface area contributed by atoms with Crippen molar-refractivity contribution in [1.29, 1.82) is 0 Å². The minimum atomic E-state index is -0.416. The van der Waals surface area contributed by atoms with Gasteiger partial charge in [-0.3, -0.25) is 9.59 Å². The molecule has 0 spiro atoms. The van der Waals surface area contributed by atoms with Crippen LogP contribution in [0.3, 0.4) is 0 Å². The lowest BCUT2D eigenvalue weighted by Crippen LogP contribution is -2.38. The number of aromatic nitrogens is 2. The van der Waals surface area contributed by atoms with Crippen LogP contribution in [0.5, 0.6) is 0 Å². The van der Waals surface area contributed by atoms with E-state index in [1.165, 1.54) is 0 Å². The summed E-state index contributed by atoms with van der Waals surface area (Å²) in [5.41, 5.74) is 9.75. The number of nitrogens with two attached hydrogens (primary N) is 1. The molecule has 166 valence electrons. The second-order valence-electron chi connectivity index (χ2n) is 8.44. The molecule has 2 amide bonds. The van der Waals surface area contributed by atoms with E-state index in [1.54, 1.807) is 30.6 Å². The van der Waals surface area contributed by atoms with Gasteiger partial charge in [0.15, 0.2) is 0 Å². The number of aromatic amines is 1. The number of nitrogens with zero attached hydrogens (tertiary/aromatic N) is 1. The maximum atomic E-state index is 12.8. The Kier molecular flexibility index (Phi) is 5.40. The minimum absolute atomic E-state index is 0.0218. The van der Waals surface area contributed by atoms with E-state index in [0.717, 1.165) is 35.0 Å². The monoisotopic (exact) mass is 439 g/mol. The lowest BCUT2D eigenvalue weighted by molar-refractivity contribution is -0.123. The first kappa shape index (κ1) is 20.9. The van der Waals surface area contributed by atoms with Crippen LogP contribution in [-0.2, 0) is 10.2 Å². The van der Waals surface area contributed by atoms with Crippen LogP contribution in [0.15, 0.2) is 79.1 Å². The van der Waals surface area contributed by atoms with Crippen LogP contribution in [-0.4, -0.2) is 28.3 Å². The maximum absolute atomic E-state index is 12.8. The first-order valence-corrected chi connectivity index (χ1v) is 11.0. The molecule has 1 fully saturated rings. The lowest BCUT2D eigenvalue weighted by atomic mass is 9.95. The van der Waals surface area contributed by atoms with Gasteiger partial charge in [-0.05, 0) is 48.2 Å². The summed E-state index contributed by atoms with van der Waals surface area (Å²) in [4.78, 5) is 32.8. The molecule has 0 bridgehead atoms. The van der Waals surface area contributed by atoms with Crippen LogP contribution < -0.4 is 16.4 Å². The van der Waals surface area contributed by atoms with Crippen LogP contribution in [0.1, 0.15) is 40.4 Å². The fraction of sp³-hybridized carbons (Fsp3) is 0.192. The Morgan fingerprint density at radius 3 is 2.52 bits per heavy atom. The minimum Gasteiger partial charge on any atom is -0.353 e. The van der Waals surface area contributed by atoms with Crippen molar-refractivity contribution in [2.45, 2.75) is 24.3 Å². The van der Waals surface area contributed by atoms with Crippen LogP contribution in [0.2, 0.25) is 0 Å². The zero-order chi connectivity index (χ0) is 22.8. The van der Waals surface area contributed by atoms with Gasteiger partial charge in [-0.2, -0.15) is 0 Å². The predicted molar refractivity (Wildman–Crippen MR) is 128 cm³/mol. The average molecular weight is 440 g/mol. The Morgan fingerprint density at radius 2 is 1.79 bits per heavy atom. The summed E-state index contributed by atoms with van der Waals surface area (Å²) >= 11 is 0. The Labute approximate surface area is 191 Å². The third-order valence-electron chi connectivity index (χ3n) is 6.30. The predicted octanol–water partition coefficient (Wildman–Crippen LogP) is 3.66. The summed E-state index contributed by atoms with van der Waals surface area (Å²) in [7, 11) is 0. The number of H-pyrrole nitrogens is 1. The van der Waals surface area contributed by atoms with Crippen molar-refractivity contribution in [2.24, 2.45) is 5.73 Å². The van der Waals surface area contributed by atoms with Gasteiger partial charge in [0.25, 0.3) is 5.91 Å². The summed E-state index contributed by atoms with van der Waals surface area (Å²) in [6, 6.07) is 20.3. The number of amides is 2. The number of benzene rings is 2. The number of anilines is 1. The number of pyridine rings is 1. The van der Waals surface area contributed by atoms with Gasteiger partial charge in [0.2, 0.25) is 5.91 Å². The van der Waals surface area contributed by atoms with Gasteiger partial charge in [-0.25, -0.2) is 4.98 Å². The van der Waals surface area contributed by atoms with E-state index < -0.39 is 5.41 Å². The number of nitrogens with one attached hydrogen (secondary N) is 3. The second kappa shape index (κ2) is 8.52. The van der Waals surface area contributed by atoms with Crippen molar-refractivity contribution in [3.63, 3.8) is 0 Å². The molecule has 1 saturated carbocycles. The van der Waals surface area contributed by atoms with E-state index >= 15 is 0 Å². The summed E-state index contributed by atoms with van der Waals surface area (Å²) in [5.74, 6) is -0.191. The van der Waals surface area contributed by atoms with Crippen molar-refractivity contribution < 1.29 is 9.59 Å². The van der Waals surface area contributed by atoms with E-state index in [0.29, 0.717) is 17.8 Å². The van der Waals surface area contributed by atoms with Gasteiger partial charge >= 0.3 is 0 Å². The molecule has 1 atom stereocenters. The number of rotatable bonds is 7. The fourth-order valence-corrected chi connectivity index (χ4v) is 4.16. The zero-order valence-corrected chi connectivity index (χ0v) is 18.0. The molecule has 2 heterocycles. The Morgan fingerprint density at radius 1 is 1.03 bits per heavy atom. The highest BCUT2D eigenvalue weighted by molar-refractivity contribution is 6.08. The summed E-state index contributed by atoms with van der Waals surface area (Å²) in [5, 5.41) is 6.79. The van der Waals surface area contributed by atoms with E-state index in [-0.39, 0.29) is 17.9 Å². The average Bonchev–Trinajstić information content (AvgIpc) is 3.53. The molecule has 1 aliphatic rings. The zero-order valence-electron chi connectivity index (χ0n) is 18.0. The molecule has 0 radical (unpaired) electrons. The van der Waals surface area contributed by atoms with Crippen molar-refractivity contribution in [2.75, 3.05) is 11.9 Å². The van der Waals surface area contributed by atoms with Crippen LogP contribution in [0.25, 0.3) is 11.0 Å². The third kappa shape index (κ3) is 4.10. The van der Waals surface area contributed by atoms with Crippen molar-refractivity contribution in [3.05, 3.63) is 95.8 Å². The maximum Gasteiger partial charge on any atom is 0.255 e. The van der Waals surface area contributed by atoms with Gasteiger partial charge < -0.3 is 21.4 Å². The molecular formula is C26H25N5O2. The second-order valence-corrected chi connectivity index (χ2v) is 8.44. The van der Waals surface area contributed by atoms with Crippen LogP contribution in [0, 0.1) is 0 Å². The molecule has 0 saturated heterocycles. The summed E-state index contributed by atoms with van der Waals surface area (Å²) < 4.78 is 0. The molecule has 2 aromatic carbocycles. The molecule has 5 N–H and O–H groups in total. The molecule has 2 aromatic heterocycles. The quantitative estimate of drug-likeness (QED) is 0.352. The normalized spacial score (nSPS) is 15.1. The SMILES string of the molecule is NC(CNC(=O)C1(c2ccccc2)CC1)c1ccc(C(=O)Nc2ccnc3[nH]ccc23)cc1. The molecule has 33 heavy (non-hydrogen) atoms. The number of hydrogen-bond acceptors (Lipinski definition) is 4. The van der Waals surface area contributed by atoms with Gasteiger partial charge in [0, 0.05) is 35.9 Å². The highest BCUT2D eigenvalue weighted by Crippen LogP contribution is 2.48. The highest BCUT2D eigenvalue weighted by atomic mass is 16.2. The van der Waals surface area contributed by atoms with E-state index in [9.17, 15) is 9.59 Å². The van der Waals surface area contributed by atoms with E-state index in [4.69, 9.17) is 5.73 Å². The highest BCUT2D eigenvalue weighted by Gasteiger charge is 2.51. The molecule has 5 rings (SSSR count). The van der Waals surface area contributed by atoms with Crippen LogP contribution >= 0.6 is 0 Å². The lowest BCUT2D eigenvalue weighted by Gasteiger charge is -2.19. The third-order valence-corrected chi connectivity index (χ3v) is 6.30. The Hall–Kier alpha value is -3.97. The Balaban J connectivity index is 1.20. The smallest absolute Gasteiger partial charge is 0.255 e. The number of hydrogen-bond donors (Lipinski definition) is 4. The number of carbonyl (C=O) groups is 2. The van der Waals surface area contributed by atoms with Crippen LogP contribution in [0.4, 0.5) is 5.69 Å².